The molecule has 0 radical (unpaired) electrons. The van der Waals surface area contributed by atoms with Crippen molar-refractivity contribution in [3.63, 3.8) is 0 Å². The van der Waals surface area contributed by atoms with Crippen LogP contribution in [0.3, 0.4) is 0 Å². The summed E-state index contributed by atoms with van der Waals surface area (Å²) < 4.78 is 1.87. The Morgan fingerprint density at radius 1 is 1.52 bits per heavy atom. The number of nitrogens with one attached hydrogen (secondary N) is 1. The third kappa shape index (κ3) is 1.54. The largest absolute Gasteiger partial charge is 0.396 e. The quantitative estimate of drug-likeness (QED) is 0.589. The number of H-pyrrole nitrogens is 1. The fourth-order valence-corrected chi connectivity index (χ4v) is 4.09. The Kier molecular flexibility index (Phi) is 2.46. The van der Waals surface area contributed by atoms with Crippen LogP contribution in [-0.4, -0.2) is 42.9 Å². The average Bonchev–Trinajstić information content (AvgIpc) is 2.91. The number of nitrogen functional groups attached to an aromatic ring is 1. The summed E-state index contributed by atoms with van der Waals surface area (Å²) in [5, 5.41) is 19.2. The maximum Gasteiger partial charge on any atom is 0.280 e. The van der Waals surface area contributed by atoms with Crippen molar-refractivity contribution in [2.24, 2.45) is 17.3 Å². The molecule has 4 rings (SSSR count). The molecule has 2 heterocycles. The van der Waals surface area contributed by atoms with Gasteiger partial charge < -0.3 is 20.5 Å². The first-order valence-corrected chi connectivity index (χ1v) is 7.05. The highest BCUT2D eigenvalue weighted by molar-refractivity contribution is 5.70. The molecule has 5 N–H and O–H groups in total. The summed E-state index contributed by atoms with van der Waals surface area (Å²) in [7, 11) is 0. The zero-order valence-corrected chi connectivity index (χ0v) is 11.4. The van der Waals surface area contributed by atoms with E-state index in [1.54, 1.807) is 6.33 Å². The van der Waals surface area contributed by atoms with Crippen LogP contribution in [0.15, 0.2) is 11.1 Å². The lowest BCUT2D eigenvalue weighted by Crippen LogP contribution is -2.20. The first-order valence-electron chi connectivity index (χ1n) is 7.05. The number of aromatic nitrogens is 4. The molecule has 0 saturated heterocycles. The van der Waals surface area contributed by atoms with E-state index in [0.29, 0.717) is 11.6 Å². The minimum atomic E-state index is -0.350. The number of nitrogens with two attached hydrogens (primary N) is 1. The Morgan fingerprint density at radius 3 is 3.00 bits per heavy atom. The lowest BCUT2D eigenvalue weighted by atomic mass is 9.92. The van der Waals surface area contributed by atoms with Crippen LogP contribution in [0, 0.1) is 17.3 Å². The topological polar surface area (TPSA) is 130 Å². The highest BCUT2D eigenvalue weighted by Gasteiger charge is 2.66. The summed E-state index contributed by atoms with van der Waals surface area (Å²) in [6.07, 6.45) is 3.25. The number of aliphatic hydroxyl groups excluding tert-OH is 2. The maximum atomic E-state index is 11.8. The molecule has 21 heavy (non-hydrogen) atoms. The number of hydrogen-bond donors (Lipinski definition) is 4. The zero-order chi connectivity index (χ0) is 14.8. The van der Waals surface area contributed by atoms with E-state index in [0.717, 1.165) is 12.8 Å². The highest BCUT2D eigenvalue weighted by Crippen LogP contribution is 2.70. The van der Waals surface area contributed by atoms with Gasteiger partial charge >= 0.3 is 0 Å². The molecule has 4 atom stereocenters. The second kappa shape index (κ2) is 4.05. The van der Waals surface area contributed by atoms with Crippen LogP contribution >= 0.6 is 0 Å². The molecule has 2 aliphatic rings. The van der Waals surface area contributed by atoms with Gasteiger partial charge in [0.2, 0.25) is 5.95 Å². The van der Waals surface area contributed by atoms with E-state index < -0.39 is 0 Å². The third-order valence-corrected chi connectivity index (χ3v) is 5.30. The minimum Gasteiger partial charge on any atom is -0.396 e. The van der Waals surface area contributed by atoms with Crippen molar-refractivity contribution in [1.82, 2.24) is 19.5 Å². The molecular formula is C13H17N5O3. The molecule has 1 unspecified atom stereocenters. The van der Waals surface area contributed by atoms with Gasteiger partial charge in [-0.05, 0) is 24.7 Å². The number of imidazole rings is 1. The smallest absolute Gasteiger partial charge is 0.280 e. The maximum absolute atomic E-state index is 11.8. The van der Waals surface area contributed by atoms with E-state index in [1.807, 2.05) is 4.57 Å². The van der Waals surface area contributed by atoms with Gasteiger partial charge in [-0.1, -0.05) is 0 Å². The second-order valence-electron chi connectivity index (χ2n) is 6.16. The summed E-state index contributed by atoms with van der Waals surface area (Å²) in [4.78, 5) is 22.6. The van der Waals surface area contributed by atoms with Crippen LogP contribution < -0.4 is 11.3 Å². The molecule has 0 amide bonds. The minimum absolute atomic E-state index is 0.0650. The van der Waals surface area contributed by atoms with Crippen molar-refractivity contribution >= 4 is 17.1 Å². The van der Waals surface area contributed by atoms with E-state index in [2.05, 4.69) is 15.0 Å². The van der Waals surface area contributed by atoms with E-state index in [9.17, 15) is 15.0 Å². The standard InChI is InChI=1S/C13H17N5O3/c14-12-16-10-9(11(21)17-12)15-5-18(10)8-1-6(3-19)13(4-20)2-7(8)13/h5-8,19-20H,1-4H2,(H3,14,16,17,21)/t6-,7+,8+,13?/m1/s1. The predicted molar refractivity (Wildman–Crippen MR) is 74.4 cm³/mol. The number of anilines is 1. The van der Waals surface area contributed by atoms with Gasteiger partial charge in [0, 0.05) is 24.7 Å². The predicted octanol–water partition coefficient (Wildman–Crippen LogP) is -0.746. The van der Waals surface area contributed by atoms with Crippen molar-refractivity contribution in [2.75, 3.05) is 18.9 Å². The molecule has 2 aromatic heterocycles. The molecule has 2 aliphatic carbocycles. The lowest BCUT2D eigenvalue weighted by molar-refractivity contribution is 0.112. The van der Waals surface area contributed by atoms with Gasteiger partial charge in [-0.2, -0.15) is 4.98 Å². The number of fused-ring (bicyclic) bond motifs is 2. The normalized spacial score (nSPS) is 34.3. The first-order chi connectivity index (χ1) is 10.1. The van der Waals surface area contributed by atoms with Gasteiger partial charge in [0.15, 0.2) is 11.2 Å². The molecule has 2 fully saturated rings. The number of aliphatic hydroxyl groups is 2. The molecule has 0 bridgehead atoms. The molecule has 8 heteroatoms. The number of nitrogens with zero attached hydrogens (tertiary/aromatic N) is 3. The van der Waals surface area contributed by atoms with E-state index >= 15 is 0 Å². The van der Waals surface area contributed by atoms with E-state index in [4.69, 9.17) is 5.73 Å². The van der Waals surface area contributed by atoms with Crippen LogP contribution in [0.2, 0.25) is 0 Å². The average molecular weight is 291 g/mol. The monoisotopic (exact) mass is 291 g/mol. The number of hydrogen-bond acceptors (Lipinski definition) is 6. The Bertz CT molecular complexity index is 769. The number of aromatic amines is 1. The van der Waals surface area contributed by atoms with Gasteiger partial charge in [0.05, 0.1) is 6.33 Å². The Labute approximate surface area is 119 Å². The molecule has 2 aromatic rings. The van der Waals surface area contributed by atoms with Crippen molar-refractivity contribution in [3.8, 4) is 0 Å². The van der Waals surface area contributed by atoms with Gasteiger partial charge in [0.1, 0.15) is 0 Å². The lowest BCUT2D eigenvalue weighted by Gasteiger charge is -2.19. The van der Waals surface area contributed by atoms with Crippen molar-refractivity contribution < 1.29 is 10.2 Å². The SMILES string of the molecule is Nc1nc2c(ncn2[C@H]2C[C@H](CO)C3(CO)C[C@@H]23)c(=O)[nH]1. The van der Waals surface area contributed by atoms with Crippen LogP contribution in [0.1, 0.15) is 18.9 Å². The third-order valence-electron chi connectivity index (χ3n) is 5.30. The molecule has 0 aromatic carbocycles. The molecular weight excluding hydrogens is 274 g/mol. The summed E-state index contributed by atoms with van der Waals surface area (Å²) in [5.41, 5.74) is 5.83. The Hall–Kier alpha value is -1.93. The fraction of sp³-hybridized carbons (Fsp3) is 0.615. The van der Waals surface area contributed by atoms with Gasteiger partial charge in [-0.25, -0.2) is 4.98 Å². The molecule has 0 spiro atoms. The summed E-state index contributed by atoms with van der Waals surface area (Å²) in [6.45, 7) is 0.151. The Morgan fingerprint density at radius 2 is 2.33 bits per heavy atom. The first kappa shape index (κ1) is 12.8. The van der Waals surface area contributed by atoms with E-state index in [-0.39, 0.29) is 47.6 Å². The van der Waals surface area contributed by atoms with Gasteiger partial charge in [-0.3, -0.25) is 9.78 Å². The summed E-state index contributed by atoms with van der Waals surface area (Å²) in [5.74, 6) is 0.434. The number of rotatable bonds is 3. The van der Waals surface area contributed by atoms with Gasteiger partial charge in [-0.15, -0.1) is 0 Å². The van der Waals surface area contributed by atoms with Crippen LogP contribution in [0.25, 0.3) is 11.2 Å². The van der Waals surface area contributed by atoms with Crippen LogP contribution in [0.5, 0.6) is 0 Å². The second-order valence-corrected chi connectivity index (χ2v) is 6.16. The molecule has 112 valence electrons. The molecule has 0 aliphatic heterocycles. The highest BCUT2D eigenvalue weighted by atomic mass is 16.3. The Balaban J connectivity index is 1.81. The van der Waals surface area contributed by atoms with Crippen molar-refractivity contribution in [2.45, 2.75) is 18.9 Å². The molecule has 8 nitrogen and oxygen atoms in total. The molecule has 2 saturated carbocycles. The van der Waals surface area contributed by atoms with Crippen LogP contribution in [-0.2, 0) is 0 Å². The zero-order valence-electron chi connectivity index (χ0n) is 11.4. The summed E-state index contributed by atoms with van der Waals surface area (Å²) >= 11 is 0. The van der Waals surface area contributed by atoms with E-state index in [1.165, 1.54) is 0 Å². The van der Waals surface area contributed by atoms with Crippen LogP contribution in [0.4, 0.5) is 5.95 Å². The van der Waals surface area contributed by atoms with Crippen molar-refractivity contribution in [3.05, 3.63) is 16.7 Å². The summed E-state index contributed by atoms with van der Waals surface area (Å²) in [6, 6.07) is 0.0907. The van der Waals surface area contributed by atoms with Gasteiger partial charge in [0.25, 0.3) is 5.56 Å². The van der Waals surface area contributed by atoms with Crippen molar-refractivity contribution in [1.29, 1.82) is 0 Å². The fourth-order valence-electron chi connectivity index (χ4n) is 4.09.